The zero-order valence-corrected chi connectivity index (χ0v) is 11.3. The van der Waals surface area contributed by atoms with E-state index in [4.69, 9.17) is 0 Å². The van der Waals surface area contributed by atoms with E-state index in [2.05, 4.69) is 10.4 Å². The molecule has 0 fully saturated rings. The quantitative estimate of drug-likeness (QED) is 0.923. The Bertz CT molecular complexity index is 570. The summed E-state index contributed by atoms with van der Waals surface area (Å²) >= 11 is 0. The number of rotatable bonds is 4. The van der Waals surface area contributed by atoms with Crippen molar-refractivity contribution in [3.05, 3.63) is 47.3 Å². The van der Waals surface area contributed by atoms with Gasteiger partial charge in [0.2, 0.25) is 0 Å². The van der Waals surface area contributed by atoms with Gasteiger partial charge in [0.1, 0.15) is 0 Å². The van der Waals surface area contributed by atoms with Gasteiger partial charge in [0.05, 0.1) is 11.3 Å². The molecule has 2 rings (SSSR count). The van der Waals surface area contributed by atoms with Gasteiger partial charge < -0.3 is 5.32 Å². The highest BCUT2D eigenvalue weighted by molar-refractivity contribution is 5.45. The van der Waals surface area contributed by atoms with Crippen molar-refractivity contribution in [2.45, 2.75) is 33.1 Å². The average Bonchev–Trinajstić information content (AvgIpc) is 2.76. The van der Waals surface area contributed by atoms with Gasteiger partial charge in [-0.1, -0.05) is 0 Å². The summed E-state index contributed by atoms with van der Waals surface area (Å²) in [5, 5.41) is 7.41. The van der Waals surface area contributed by atoms with Crippen molar-refractivity contribution in [1.82, 2.24) is 9.78 Å². The highest BCUT2D eigenvalue weighted by atomic mass is 19.4. The first kappa shape index (κ1) is 14.4. The Hall–Kier alpha value is -1.98. The van der Waals surface area contributed by atoms with Gasteiger partial charge in [0, 0.05) is 30.5 Å². The summed E-state index contributed by atoms with van der Waals surface area (Å²) in [5.74, 6) is 0. The number of aryl methyl sites for hydroxylation is 2. The van der Waals surface area contributed by atoms with Crippen LogP contribution in [0.1, 0.15) is 23.7 Å². The van der Waals surface area contributed by atoms with E-state index in [1.165, 1.54) is 12.1 Å². The first-order valence-electron chi connectivity index (χ1n) is 6.34. The molecule has 20 heavy (non-hydrogen) atoms. The molecular formula is C14H16F3N3. The molecule has 0 bridgehead atoms. The smallest absolute Gasteiger partial charge is 0.381 e. The lowest BCUT2D eigenvalue weighted by molar-refractivity contribution is -0.137. The summed E-state index contributed by atoms with van der Waals surface area (Å²) < 4.78 is 39.1. The van der Waals surface area contributed by atoms with E-state index in [0.717, 1.165) is 29.9 Å². The Morgan fingerprint density at radius 3 is 2.35 bits per heavy atom. The van der Waals surface area contributed by atoms with Crippen molar-refractivity contribution in [2.24, 2.45) is 0 Å². The van der Waals surface area contributed by atoms with Crippen molar-refractivity contribution in [3.8, 4) is 0 Å². The number of hydrogen-bond donors (Lipinski definition) is 1. The molecule has 1 aromatic carbocycles. The molecule has 2 aromatic rings. The topological polar surface area (TPSA) is 29.9 Å². The van der Waals surface area contributed by atoms with Gasteiger partial charge in [-0.2, -0.15) is 18.3 Å². The number of anilines is 1. The largest absolute Gasteiger partial charge is 0.416 e. The normalized spacial score (nSPS) is 11.7. The Kier molecular flexibility index (Phi) is 4.01. The molecule has 0 aliphatic rings. The van der Waals surface area contributed by atoms with E-state index in [9.17, 15) is 13.2 Å². The van der Waals surface area contributed by atoms with Crippen LogP contribution in [0, 0.1) is 6.92 Å². The number of benzene rings is 1. The zero-order valence-electron chi connectivity index (χ0n) is 11.3. The highest BCUT2D eigenvalue weighted by Crippen LogP contribution is 2.29. The second kappa shape index (κ2) is 5.56. The molecule has 1 heterocycles. The number of nitrogens with zero attached hydrogens (tertiary/aromatic N) is 2. The maximum Gasteiger partial charge on any atom is 0.416 e. The van der Waals surface area contributed by atoms with Crippen molar-refractivity contribution >= 4 is 5.69 Å². The number of hydrogen-bond acceptors (Lipinski definition) is 2. The van der Waals surface area contributed by atoms with Crippen LogP contribution in [0.4, 0.5) is 18.9 Å². The molecule has 0 aliphatic heterocycles. The van der Waals surface area contributed by atoms with Crippen LogP contribution >= 0.6 is 0 Å². The van der Waals surface area contributed by atoms with Crippen LogP contribution in [0.15, 0.2) is 30.5 Å². The molecule has 0 aliphatic carbocycles. The summed E-state index contributed by atoms with van der Waals surface area (Å²) in [6.07, 6.45) is -2.36. The molecule has 3 nitrogen and oxygen atoms in total. The van der Waals surface area contributed by atoms with Crippen LogP contribution in [0.2, 0.25) is 0 Å². The number of alkyl halides is 3. The van der Waals surface area contributed by atoms with Crippen LogP contribution in [-0.2, 0) is 19.3 Å². The predicted octanol–water partition coefficient (Wildman–Crippen LogP) is 3.84. The first-order valence-corrected chi connectivity index (χ1v) is 6.34. The van der Waals surface area contributed by atoms with Crippen molar-refractivity contribution in [1.29, 1.82) is 0 Å². The molecule has 0 radical (unpaired) electrons. The highest BCUT2D eigenvalue weighted by Gasteiger charge is 2.29. The van der Waals surface area contributed by atoms with E-state index in [0.29, 0.717) is 12.2 Å². The molecular weight excluding hydrogens is 267 g/mol. The van der Waals surface area contributed by atoms with Crippen molar-refractivity contribution in [2.75, 3.05) is 5.32 Å². The van der Waals surface area contributed by atoms with Crippen LogP contribution in [-0.4, -0.2) is 9.78 Å². The summed E-state index contributed by atoms with van der Waals surface area (Å²) in [7, 11) is 0. The minimum atomic E-state index is -4.29. The molecule has 0 saturated carbocycles. The molecule has 0 atom stereocenters. The molecule has 108 valence electrons. The van der Waals surface area contributed by atoms with E-state index in [-0.39, 0.29) is 0 Å². The van der Waals surface area contributed by atoms with E-state index < -0.39 is 11.7 Å². The average molecular weight is 283 g/mol. The molecule has 1 N–H and O–H groups in total. The van der Waals surface area contributed by atoms with Gasteiger partial charge in [-0.05, 0) is 38.1 Å². The standard InChI is InChI=1S/C14H16F3N3/c1-3-20-9-11(10(2)19-20)8-18-13-6-4-12(5-7-13)14(15,16)17/h4-7,9,18H,3,8H2,1-2H3. The summed E-state index contributed by atoms with van der Waals surface area (Å²) in [5.41, 5.74) is 1.97. The Morgan fingerprint density at radius 1 is 1.20 bits per heavy atom. The molecule has 6 heteroatoms. The van der Waals surface area contributed by atoms with Crippen molar-refractivity contribution in [3.63, 3.8) is 0 Å². The van der Waals surface area contributed by atoms with Gasteiger partial charge >= 0.3 is 6.18 Å². The SMILES string of the molecule is CCn1cc(CNc2ccc(C(F)(F)F)cc2)c(C)n1. The summed E-state index contributed by atoms with van der Waals surface area (Å²) in [6, 6.07) is 5.01. The second-order valence-electron chi connectivity index (χ2n) is 4.52. The van der Waals surface area contributed by atoms with Gasteiger partial charge in [0.25, 0.3) is 0 Å². The fraction of sp³-hybridized carbons (Fsp3) is 0.357. The van der Waals surface area contributed by atoms with Gasteiger partial charge in [-0.25, -0.2) is 0 Å². The fourth-order valence-electron chi connectivity index (χ4n) is 1.87. The van der Waals surface area contributed by atoms with Crippen molar-refractivity contribution < 1.29 is 13.2 Å². The van der Waals surface area contributed by atoms with Crippen LogP contribution in [0.25, 0.3) is 0 Å². The monoisotopic (exact) mass is 283 g/mol. The van der Waals surface area contributed by atoms with Gasteiger partial charge in [-0.3, -0.25) is 4.68 Å². The maximum atomic E-state index is 12.4. The zero-order chi connectivity index (χ0) is 14.8. The first-order chi connectivity index (χ1) is 9.40. The summed E-state index contributed by atoms with van der Waals surface area (Å²) in [4.78, 5) is 0. The second-order valence-corrected chi connectivity index (χ2v) is 4.52. The van der Waals surface area contributed by atoms with Gasteiger partial charge in [0.15, 0.2) is 0 Å². The Labute approximate surface area is 115 Å². The molecule has 1 aromatic heterocycles. The van der Waals surface area contributed by atoms with E-state index in [1.807, 2.05) is 24.7 Å². The lowest BCUT2D eigenvalue weighted by Crippen LogP contribution is -2.05. The van der Waals surface area contributed by atoms with E-state index >= 15 is 0 Å². The van der Waals surface area contributed by atoms with Crippen LogP contribution in [0.3, 0.4) is 0 Å². The van der Waals surface area contributed by atoms with Gasteiger partial charge in [-0.15, -0.1) is 0 Å². The molecule has 0 saturated heterocycles. The third-order valence-electron chi connectivity index (χ3n) is 3.07. The van der Waals surface area contributed by atoms with E-state index in [1.54, 1.807) is 0 Å². The molecule has 0 unspecified atom stereocenters. The lowest BCUT2D eigenvalue weighted by atomic mass is 10.2. The minimum absolute atomic E-state index is 0.539. The number of nitrogens with one attached hydrogen (secondary N) is 1. The predicted molar refractivity (Wildman–Crippen MR) is 71.4 cm³/mol. The van der Waals surface area contributed by atoms with Crippen LogP contribution < -0.4 is 5.32 Å². The fourth-order valence-corrected chi connectivity index (χ4v) is 1.87. The third-order valence-corrected chi connectivity index (χ3v) is 3.07. The van der Waals surface area contributed by atoms with Crippen LogP contribution in [0.5, 0.6) is 0 Å². The minimum Gasteiger partial charge on any atom is -0.381 e. The number of aromatic nitrogens is 2. The lowest BCUT2D eigenvalue weighted by Gasteiger charge is -2.09. The maximum absolute atomic E-state index is 12.4. The third kappa shape index (κ3) is 3.31. The molecule has 0 spiro atoms. The Morgan fingerprint density at radius 2 is 1.85 bits per heavy atom. The summed E-state index contributed by atoms with van der Waals surface area (Å²) in [6.45, 7) is 5.24. The number of halogens is 3. The molecule has 0 amide bonds. The Balaban J connectivity index is 2.02.